The number of nitrogens with one attached hydrogen (secondary N) is 1. The average molecular weight is 202 g/mol. The van der Waals surface area contributed by atoms with Crippen molar-refractivity contribution < 1.29 is 4.92 Å². The molecule has 0 bridgehead atoms. The van der Waals surface area contributed by atoms with Gasteiger partial charge in [0.05, 0.1) is 17.0 Å². The highest BCUT2D eigenvalue weighted by Crippen LogP contribution is 2.21. The summed E-state index contributed by atoms with van der Waals surface area (Å²) in [5.74, 6) is 2.34. The van der Waals surface area contributed by atoms with Crippen LogP contribution in [0.1, 0.15) is 5.56 Å². The smallest absolute Gasteiger partial charge is 0.312 e. The van der Waals surface area contributed by atoms with Crippen LogP contribution in [-0.4, -0.2) is 16.5 Å². The van der Waals surface area contributed by atoms with Crippen LogP contribution in [0.5, 0.6) is 0 Å². The monoisotopic (exact) mass is 202 g/mol. The predicted octanol–water partition coefficient (Wildman–Crippen LogP) is 0.907. The minimum atomic E-state index is -0.618. The topological polar surface area (TPSA) is 91.8 Å². The third-order valence-corrected chi connectivity index (χ3v) is 1.55. The summed E-state index contributed by atoms with van der Waals surface area (Å²) in [6, 6.07) is 2.92. The van der Waals surface area contributed by atoms with Gasteiger partial charge in [0.15, 0.2) is 0 Å². The Morgan fingerprint density at radius 2 is 2.47 bits per heavy atom. The fourth-order valence-corrected chi connectivity index (χ4v) is 0.924. The molecular formula is C9H6N4O2. The largest absolute Gasteiger partial charge is 0.353 e. The van der Waals surface area contributed by atoms with E-state index in [1.54, 1.807) is 6.07 Å². The van der Waals surface area contributed by atoms with Crippen LogP contribution in [0.15, 0.2) is 12.3 Å². The molecule has 15 heavy (non-hydrogen) atoms. The van der Waals surface area contributed by atoms with Gasteiger partial charge in [-0.25, -0.2) is 4.98 Å². The number of hydrogen-bond donors (Lipinski definition) is 1. The number of pyridine rings is 1. The summed E-state index contributed by atoms with van der Waals surface area (Å²) in [6.07, 6.45) is 6.24. The van der Waals surface area contributed by atoms with E-state index in [1.165, 1.54) is 6.20 Å². The summed E-state index contributed by atoms with van der Waals surface area (Å²) in [7, 11) is 0. The molecule has 0 aliphatic carbocycles. The summed E-state index contributed by atoms with van der Waals surface area (Å²) in [5, 5.41) is 21.8. The quantitative estimate of drug-likeness (QED) is 0.446. The SMILES string of the molecule is C#CCNc1ncc(C#N)cc1[N+](=O)[O-]. The molecule has 0 fully saturated rings. The Hall–Kier alpha value is -2.60. The van der Waals surface area contributed by atoms with Gasteiger partial charge in [-0.1, -0.05) is 5.92 Å². The van der Waals surface area contributed by atoms with E-state index < -0.39 is 4.92 Å². The van der Waals surface area contributed by atoms with Crippen molar-refractivity contribution in [2.24, 2.45) is 0 Å². The number of rotatable bonds is 3. The highest BCUT2D eigenvalue weighted by Gasteiger charge is 2.15. The first kappa shape index (κ1) is 10.5. The fourth-order valence-electron chi connectivity index (χ4n) is 0.924. The van der Waals surface area contributed by atoms with E-state index in [9.17, 15) is 10.1 Å². The molecule has 1 rings (SSSR count). The normalized spacial score (nSPS) is 8.67. The molecule has 0 unspecified atom stereocenters. The van der Waals surface area contributed by atoms with Crippen LogP contribution in [0.2, 0.25) is 0 Å². The molecule has 1 heterocycles. The summed E-state index contributed by atoms with van der Waals surface area (Å²) in [5.41, 5.74) is -0.128. The first-order chi connectivity index (χ1) is 7.19. The lowest BCUT2D eigenvalue weighted by molar-refractivity contribution is -0.384. The van der Waals surface area contributed by atoms with Crippen molar-refractivity contribution in [3.8, 4) is 18.4 Å². The molecule has 0 spiro atoms. The molecule has 1 aromatic rings. The predicted molar refractivity (Wildman–Crippen MR) is 52.9 cm³/mol. The van der Waals surface area contributed by atoms with Crippen molar-refractivity contribution >= 4 is 11.5 Å². The number of nitriles is 1. The first-order valence-electron chi connectivity index (χ1n) is 3.91. The molecule has 0 aliphatic heterocycles. The van der Waals surface area contributed by atoms with E-state index in [-0.39, 0.29) is 23.6 Å². The molecule has 1 aromatic heterocycles. The molecule has 0 radical (unpaired) electrons. The first-order valence-corrected chi connectivity index (χ1v) is 3.91. The van der Waals surface area contributed by atoms with Gasteiger partial charge in [0.2, 0.25) is 5.82 Å². The summed E-state index contributed by atoms with van der Waals surface area (Å²) in [6.45, 7) is 0.139. The van der Waals surface area contributed by atoms with Crippen LogP contribution in [0, 0.1) is 33.8 Å². The van der Waals surface area contributed by atoms with Crippen LogP contribution in [0.4, 0.5) is 11.5 Å². The van der Waals surface area contributed by atoms with E-state index in [0.29, 0.717) is 0 Å². The van der Waals surface area contributed by atoms with Crippen molar-refractivity contribution in [3.05, 3.63) is 27.9 Å². The molecule has 0 saturated heterocycles. The zero-order valence-electron chi connectivity index (χ0n) is 7.60. The van der Waals surface area contributed by atoms with Crippen LogP contribution in [0.25, 0.3) is 0 Å². The third-order valence-electron chi connectivity index (χ3n) is 1.55. The Labute approximate surface area is 85.7 Å². The standard InChI is InChI=1S/C9H6N4O2/c1-2-3-11-9-8(13(14)15)4-7(5-10)6-12-9/h1,4,6H,3H2,(H,11,12). The number of aromatic nitrogens is 1. The van der Waals surface area contributed by atoms with Crippen molar-refractivity contribution in [3.63, 3.8) is 0 Å². The van der Waals surface area contributed by atoms with Crippen LogP contribution in [0.3, 0.4) is 0 Å². The molecule has 6 heteroatoms. The van der Waals surface area contributed by atoms with E-state index in [1.807, 2.05) is 0 Å². The van der Waals surface area contributed by atoms with Gasteiger partial charge >= 0.3 is 5.69 Å². The number of hydrogen-bond acceptors (Lipinski definition) is 5. The lowest BCUT2D eigenvalue weighted by Crippen LogP contribution is -2.04. The Balaban J connectivity index is 3.12. The molecule has 1 N–H and O–H groups in total. The van der Waals surface area contributed by atoms with Gasteiger partial charge in [-0.05, 0) is 0 Å². The second-order valence-electron chi connectivity index (χ2n) is 2.52. The second kappa shape index (κ2) is 4.58. The minimum absolute atomic E-state index is 0.0666. The average Bonchev–Trinajstić information content (AvgIpc) is 2.26. The van der Waals surface area contributed by atoms with Crippen molar-refractivity contribution in [1.29, 1.82) is 5.26 Å². The molecule has 0 aliphatic rings. The van der Waals surface area contributed by atoms with Gasteiger partial charge in [0.1, 0.15) is 6.07 Å². The Bertz CT molecular complexity index is 470. The highest BCUT2D eigenvalue weighted by atomic mass is 16.6. The number of nitrogens with zero attached hydrogens (tertiary/aromatic N) is 3. The zero-order chi connectivity index (χ0) is 11.3. The third kappa shape index (κ3) is 2.42. The summed E-state index contributed by atoms with van der Waals surface area (Å²) in [4.78, 5) is 13.7. The Morgan fingerprint density at radius 1 is 1.73 bits per heavy atom. The summed E-state index contributed by atoms with van der Waals surface area (Å²) < 4.78 is 0. The van der Waals surface area contributed by atoms with Crippen LogP contribution < -0.4 is 5.32 Å². The van der Waals surface area contributed by atoms with Crippen molar-refractivity contribution in [2.75, 3.05) is 11.9 Å². The number of anilines is 1. The van der Waals surface area contributed by atoms with Crippen molar-refractivity contribution in [1.82, 2.24) is 4.98 Å². The van der Waals surface area contributed by atoms with E-state index in [2.05, 4.69) is 16.2 Å². The van der Waals surface area contributed by atoms with E-state index in [4.69, 9.17) is 11.7 Å². The second-order valence-corrected chi connectivity index (χ2v) is 2.52. The van der Waals surface area contributed by atoms with Crippen LogP contribution in [-0.2, 0) is 0 Å². The maximum Gasteiger partial charge on any atom is 0.312 e. The van der Waals surface area contributed by atoms with Gasteiger partial charge in [-0.15, -0.1) is 6.42 Å². The van der Waals surface area contributed by atoms with Gasteiger partial charge < -0.3 is 5.32 Å². The molecule has 74 valence electrons. The van der Waals surface area contributed by atoms with Gasteiger partial charge in [0.25, 0.3) is 0 Å². The summed E-state index contributed by atoms with van der Waals surface area (Å²) >= 11 is 0. The number of nitro groups is 1. The number of terminal acetylenes is 1. The molecular weight excluding hydrogens is 196 g/mol. The molecule has 0 aromatic carbocycles. The lowest BCUT2D eigenvalue weighted by atomic mass is 10.3. The van der Waals surface area contributed by atoms with E-state index in [0.717, 1.165) is 6.07 Å². The molecule has 0 amide bonds. The lowest BCUT2D eigenvalue weighted by Gasteiger charge is -2.01. The maximum atomic E-state index is 10.6. The molecule has 0 atom stereocenters. The van der Waals surface area contributed by atoms with E-state index >= 15 is 0 Å². The van der Waals surface area contributed by atoms with Crippen molar-refractivity contribution in [2.45, 2.75) is 0 Å². The van der Waals surface area contributed by atoms with Gasteiger partial charge in [0, 0.05) is 12.3 Å². The van der Waals surface area contributed by atoms with Gasteiger partial charge in [-0.2, -0.15) is 5.26 Å². The zero-order valence-corrected chi connectivity index (χ0v) is 7.60. The van der Waals surface area contributed by atoms with Crippen LogP contribution >= 0.6 is 0 Å². The highest BCUT2D eigenvalue weighted by molar-refractivity contribution is 5.58. The molecule has 0 saturated carbocycles. The van der Waals surface area contributed by atoms with Gasteiger partial charge in [-0.3, -0.25) is 10.1 Å². The fraction of sp³-hybridized carbons (Fsp3) is 0.111. The Morgan fingerprint density at radius 3 is 3.00 bits per heavy atom. The molecule has 6 nitrogen and oxygen atoms in total. The maximum absolute atomic E-state index is 10.6. The minimum Gasteiger partial charge on any atom is -0.353 e. The Kier molecular flexibility index (Phi) is 3.20.